The molecule has 0 aromatic carbocycles. The van der Waals surface area contributed by atoms with Gasteiger partial charge >= 0.3 is 0 Å². The van der Waals surface area contributed by atoms with Gasteiger partial charge in [-0.3, -0.25) is 0 Å². The molecule has 1 aliphatic carbocycles. The van der Waals surface area contributed by atoms with Crippen LogP contribution in [0.5, 0.6) is 0 Å². The van der Waals surface area contributed by atoms with Crippen LogP contribution in [0, 0.1) is 11.3 Å². The van der Waals surface area contributed by atoms with E-state index in [0.717, 1.165) is 6.42 Å². The van der Waals surface area contributed by atoms with Gasteiger partial charge in [-0.15, -0.1) is 0 Å². The van der Waals surface area contributed by atoms with Crippen LogP contribution in [-0.4, -0.2) is 17.8 Å². The van der Waals surface area contributed by atoms with Gasteiger partial charge in [0.1, 0.15) is 0 Å². The van der Waals surface area contributed by atoms with Gasteiger partial charge in [0.15, 0.2) is 0 Å². The monoisotopic (exact) mass is 185 g/mol. The molecule has 2 heteroatoms. The molecule has 0 amide bonds. The van der Waals surface area contributed by atoms with Crippen molar-refractivity contribution >= 4 is 0 Å². The van der Waals surface area contributed by atoms with Crippen molar-refractivity contribution in [1.29, 1.82) is 0 Å². The van der Waals surface area contributed by atoms with Crippen LogP contribution >= 0.6 is 0 Å². The van der Waals surface area contributed by atoms with Crippen LogP contribution in [0.1, 0.15) is 46.0 Å². The molecule has 0 aliphatic heterocycles. The van der Waals surface area contributed by atoms with Crippen molar-refractivity contribution in [2.45, 2.75) is 52.1 Å². The maximum Gasteiger partial charge on any atom is 0.0665 e. The molecule has 0 aromatic heterocycles. The first kappa shape index (κ1) is 11.0. The molecule has 0 saturated heterocycles. The first-order valence-corrected chi connectivity index (χ1v) is 5.41. The smallest absolute Gasteiger partial charge is 0.0665 e. The summed E-state index contributed by atoms with van der Waals surface area (Å²) in [6.45, 7) is 5.09. The zero-order chi connectivity index (χ0) is 9.90. The first-order chi connectivity index (χ1) is 6.03. The third-order valence-electron chi connectivity index (χ3n) is 3.34. The molecule has 1 rings (SSSR count). The molecule has 13 heavy (non-hydrogen) atoms. The van der Waals surface area contributed by atoms with Gasteiger partial charge < -0.3 is 10.8 Å². The zero-order valence-electron chi connectivity index (χ0n) is 8.92. The quantitative estimate of drug-likeness (QED) is 0.705. The molecule has 0 bridgehead atoms. The van der Waals surface area contributed by atoms with Crippen molar-refractivity contribution in [1.82, 2.24) is 0 Å². The highest BCUT2D eigenvalue weighted by molar-refractivity contribution is 4.79. The second-order valence-corrected chi connectivity index (χ2v) is 5.23. The van der Waals surface area contributed by atoms with Crippen molar-refractivity contribution in [3.8, 4) is 0 Å². The number of rotatable bonds is 3. The summed E-state index contributed by atoms with van der Waals surface area (Å²) in [4.78, 5) is 0. The Morgan fingerprint density at radius 3 is 2.38 bits per heavy atom. The van der Waals surface area contributed by atoms with E-state index >= 15 is 0 Å². The average Bonchev–Trinajstić information content (AvgIpc) is 2.08. The van der Waals surface area contributed by atoms with Crippen LogP contribution in [0.3, 0.4) is 0 Å². The van der Waals surface area contributed by atoms with Gasteiger partial charge in [0, 0.05) is 6.54 Å². The third-order valence-corrected chi connectivity index (χ3v) is 3.34. The van der Waals surface area contributed by atoms with E-state index in [-0.39, 0.29) is 6.10 Å². The van der Waals surface area contributed by atoms with Gasteiger partial charge in [-0.1, -0.05) is 13.8 Å². The lowest BCUT2D eigenvalue weighted by atomic mass is 9.72. The van der Waals surface area contributed by atoms with Crippen LogP contribution in [-0.2, 0) is 0 Å². The fraction of sp³-hybridized carbons (Fsp3) is 1.00. The largest absolute Gasteiger partial charge is 0.392 e. The second-order valence-electron chi connectivity index (χ2n) is 5.23. The van der Waals surface area contributed by atoms with Gasteiger partial charge in [0.05, 0.1) is 6.10 Å². The summed E-state index contributed by atoms with van der Waals surface area (Å²) in [6, 6.07) is 0. The molecule has 1 saturated carbocycles. The van der Waals surface area contributed by atoms with Crippen molar-refractivity contribution in [3.05, 3.63) is 0 Å². The molecule has 1 aliphatic rings. The number of hydrogen-bond donors (Lipinski definition) is 2. The number of nitrogens with two attached hydrogens (primary N) is 1. The normalized spacial score (nSPS) is 25.8. The molecule has 78 valence electrons. The topological polar surface area (TPSA) is 46.2 Å². The summed E-state index contributed by atoms with van der Waals surface area (Å²) in [5, 5.41) is 9.42. The Labute approximate surface area is 81.5 Å². The predicted octanol–water partition coefficient (Wildman–Crippen LogP) is 1.91. The van der Waals surface area contributed by atoms with E-state index in [9.17, 15) is 5.11 Å². The summed E-state index contributed by atoms with van der Waals surface area (Å²) >= 11 is 0. The molecule has 1 fully saturated rings. The van der Waals surface area contributed by atoms with Crippen LogP contribution in [0.15, 0.2) is 0 Å². The van der Waals surface area contributed by atoms with Crippen LogP contribution in [0.25, 0.3) is 0 Å². The van der Waals surface area contributed by atoms with E-state index in [1.54, 1.807) is 0 Å². The molecular formula is C11H23NO. The molecule has 0 spiro atoms. The summed E-state index contributed by atoms with van der Waals surface area (Å²) in [5.41, 5.74) is 5.92. The Bertz CT molecular complexity index is 146. The molecule has 0 radical (unpaired) electrons. The van der Waals surface area contributed by atoms with E-state index < -0.39 is 0 Å². The maximum absolute atomic E-state index is 9.42. The summed E-state index contributed by atoms with van der Waals surface area (Å²) in [6.07, 6.45) is 5.77. The van der Waals surface area contributed by atoms with Gasteiger partial charge in [-0.05, 0) is 43.4 Å². The Kier molecular flexibility index (Phi) is 3.74. The minimum atomic E-state index is -0.272. The SMILES string of the molecule is CC1(C)CCC(CC(O)CN)CC1. The lowest BCUT2D eigenvalue weighted by Crippen LogP contribution is -2.27. The van der Waals surface area contributed by atoms with E-state index in [2.05, 4.69) is 13.8 Å². The Morgan fingerprint density at radius 1 is 1.38 bits per heavy atom. The van der Waals surface area contributed by atoms with E-state index in [1.807, 2.05) is 0 Å². The van der Waals surface area contributed by atoms with Crippen LogP contribution in [0.2, 0.25) is 0 Å². The fourth-order valence-electron chi connectivity index (χ4n) is 2.18. The van der Waals surface area contributed by atoms with Crippen molar-refractivity contribution in [2.24, 2.45) is 17.1 Å². The number of hydrogen-bond acceptors (Lipinski definition) is 2. The summed E-state index contributed by atoms with van der Waals surface area (Å²) in [7, 11) is 0. The number of aliphatic hydroxyl groups is 1. The van der Waals surface area contributed by atoms with Crippen molar-refractivity contribution < 1.29 is 5.11 Å². The van der Waals surface area contributed by atoms with E-state index in [4.69, 9.17) is 5.73 Å². The van der Waals surface area contributed by atoms with Gasteiger partial charge in [-0.25, -0.2) is 0 Å². The van der Waals surface area contributed by atoms with E-state index in [1.165, 1.54) is 25.7 Å². The van der Waals surface area contributed by atoms with Gasteiger partial charge in [0.2, 0.25) is 0 Å². The molecule has 1 unspecified atom stereocenters. The molecule has 1 atom stereocenters. The maximum atomic E-state index is 9.42. The highest BCUT2D eigenvalue weighted by atomic mass is 16.3. The van der Waals surface area contributed by atoms with Gasteiger partial charge in [-0.2, -0.15) is 0 Å². The average molecular weight is 185 g/mol. The first-order valence-electron chi connectivity index (χ1n) is 5.41. The predicted molar refractivity (Wildman–Crippen MR) is 55.4 cm³/mol. The number of aliphatic hydroxyl groups excluding tert-OH is 1. The van der Waals surface area contributed by atoms with Crippen molar-refractivity contribution in [3.63, 3.8) is 0 Å². The minimum absolute atomic E-state index is 0.272. The molecule has 0 aromatic rings. The fourth-order valence-corrected chi connectivity index (χ4v) is 2.18. The molecule has 2 nitrogen and oxygen atoms in total. The zero-order valence-corrected chi connectivity index (χ0v) is 8.92. The Balaban J connectivity index is 2.25. The molecule has 0 heterocycles. The molecule has 3 N–H and O–H groups in total. The van der Waals surface area contributed by atoms with Crippen LogP contribution in [0.4, 0.5) is 0 Å². The lowest BCUT2D eigenvalue weighted by molar-refractivity contribution is 0.112. The van der Waals surface area contributed by atoms with E-state index in [0.29, 0.717) is 17.9 Å². The Hall–Kier alpha value is -0.0800. The highest BCUT2D eigenvalue weighted by Gasteiger charge is 2.27. The lowest BCUT2D eigenvalue weighted by Gasteiger charge is -2.34. The highest BCUT2D eigenvalue weighted by Crippen LogP contribution is 2.39. The van der Waals surface area contributed by atoms with Crippen molar-refractivity contribution in [2.75, 3.05) is 6.54 Å². The summed E-state index contributed by atoms with van der Waals surface area (Å²) < 4.78 is 0. The van der Waals surface area contributed by atoms with Crippen LogP contribution < -0.4 is 5.73 Å². The Morgan fingerprint density at radius 2 is 1.92 bits per heavy atom. The summed E-state index contributed by atoms with van der Waals surface area (Å²) in [5.74, 6) is 0.714. The second kappa shape index (κ2) is 4.43. The standard InChI is InChI=1S/C11H23NO/c1-11(2)5-3-9(4-6-11)7-10(13)8-12/h9-10,13H,3-8,12H2,1-2H3. The minimum Gasteiger partial charge on any atom is -0.392 e. The third kappa shape index (κ3) is 3.65. The van der Waals surface area contributed by atoms with Gasteiger partial charge in [0.25, 0.3) is 0 Å². The molecular weight excluding hydrogens is 162 g/mol.